The molecule has 2 aromatic rings. The number of nitrogens with one attached hydrogen (secondary N) is 2. The van der Waals surface area contributed by atoms with E-state index in [9.17, 15) is 0 Å². The monoisotopic (exact) mass is 234 g/mol. The molecule has 0 unspecified atom stereocenters. The van der Waals surface area contributed by atoms with Crippen LogP contribution in [-0.4, -0.2) is 15.1 Å². The minimum absolute atomic E-state index is 0.522. The van der Waals surface area contributed by atoms with Crippen LogP contribution in [0.25, 0.3) is 0 Å². The molecule has 0 bridgehead atoms. The molecule has 7 heteroatoms. The van der Waals surface area contributed by atoms with Crippen LogP contribution in [0.5, 0.6) is 0 Å². The number of rotatable bonds is 5. The molecule has 0 radical (unpaired) electrons. The Morgan fingerprint density at radius 1 is 1.35 bits per heavy atom. The zero-order valence-electron chi connectivity index (χ0n) is 9.47. The number of hydrazine groups is 1. The van der Waals surface area contributed by atoms with E-state index in [1.165, 1.54) is 6.33 Å². The van der Waals surface area contributed by atoms with Gasteiger partial charge in [0.1, 0.15) is 18.0 Å². The largest absolute Gasteiger partial charge is 0.362 e. The van der Waals surface area contributed by atoms with Crippen LogP contribution >= 0.6 is 0 Å². The van der Waals surface area contributed by atoms with Crippen LogP contribution in [0.4, 0.5) is 11.6 Å². The summed E-state index contributed by atoms with van der Waals surface area (Å²) in [7, 11) is 0. The molecule has 17 heavy (non-hydrogen) atoms. The van der Waals surface area contributed by atoms with E-state index in [4.69, 9.17) is 10.4 Å². The van der Waals surface area contributed by atoms with Crippen molar-refractivity contribution < 1.29 is 4.52 Å². The Labute approximate surface area is 98.4 Å². The molecule has 2 aromatic heterocycles. The number of nitrogen functional groups attached to an aromatic ring is 1. The lowest BCUT2D eigenvalue weighted by molar-refractivity contribution is 0.388. The molecular formula is C10H14N6O. The van der Waals surface area contributed by atoms with Gasteiger partial charge >= 0.3 is 0 Å². The normalized spacial score (nSPS) is 10.2. The second kappa shape index (κ2) is 5.26. The van der Waals surface area contributed by atoms with Gasteiger partial charge in [-0.3, -0.25) is 0 Å². The van der Waals surface area contributed by atoms with Crippen molar-refractivity contribution in [2.75, 3.05) is 10.7 Å². The van der Waals surface area contributed by atoms with E-state index in [0.29, 0.717) is 12.4 Å². The van der Waals surface area contributed by atoms with Gasteiger partial charge < -0.3 is 15.3 Å². The fourth-order valence-corrected chi connectivity index (χ4v) is 1.53. The number of aromatic nitrogens is 3. The minimum atomic E-state index is 0.522. The fraction of sp³-hybridized carbons (Fsp3) is 0.300. The third-order valence-electron chi connectivity index (χ3n) is 2.36. The lowest BCUT2D eigenvalue weighted by atomic mass is 10.2. The van der Waals surface area contributed by atoms with Crippen molar-refractivity contribution in [2.45, 2.75) is 19.9 Å². The molecule has 4 N–H and O–H groups in total. The smallest absolute Gasteiger partial charge is 0.155 e. The molecule has 0 aromatic carbocycles. The third kappa shape index (κ3) is 2.51. The highest BCUT2D eigenvalue weighted by Crippen LogP contribution is 2.19. The first-order valence-electron chi connectivity index (χ1n) is 5.29. The van der Waals surface area contributed by atoms with E-state index in [-0.39, 0.29) is 0 Å². The van der Waals surface area contributed by atoms with Crippen molar-refractivity contribution >= 4 is 11.6 Å². The van der Waals surface area contributed by atoms with Gasteiger partial charge in [-0.25, -0.2) is 15.8 Å². The lowest BCUT2D eigenvalue weighted by Gasteiger charge is -2.11. The Bertz CT molecular complexity index is 470. The fourth-order valence-electron chi connectivity index (χ4n) is 1.53. The Kier molecular flexibility index (Phi) is 3.51. The second-order valence-electron chi connectivity index (χ2n) is 3.38. The van der Waals surface area contributed by atoms with Gasteiger partial charge in [-0.1, -0.05) is 12.1 Å². The van der Waals surface area contributed by atoms with Crippen molar-refractivity contribution in [1.29, 1.82) is 0 Å². The number of nitrogens with zero attached hydrogens (tertiary/aromatic N) is 3. The molecule has 0 aliphatic rings. The van der Waals surface area contributed by atoms with Gasteiger partial charge in [0.25, 0.3) is 0 Å². The summed E-state index contributed by atoms with van der Waals surface area (Å²) in [5, 5.41) is 6.79. The maximum atomic E-state index is 5.39. The van der Waals surface area contributed by atoms with Crippen LogP contribution in [0, 0.1) is 0 Å². The number of hydrogen-bond donors (Lipinski definition) is 3. The van der Waals surface area contributed by atoms with E-state index < -0.39 is 0 Å². The SMILES string of the molecule is CCc1c(NN)ncnc1NCc1ccno1. The molecule has 90 valence electrons. The Morgan fingerprint density at radius 2 is 2.18 bits per heavy atom. The molecule has 7 nitrogen and oxygen atoms in total. The molecule has 0 fully saturated rings. The lowest BCUT2D eigenvalue weighted by Crippen LogP contribution is -2.13. The van der Waals surface area contributed by atoms with E-state index in [0.717, 1.165) is 23.6 Å². The minimum Gasteiger partial charge on any atom is -0.362 e. The maximum absolute atomic E-state index is 5.39. The summed E-state index contributed by atoms with van der Waals surface area (Å²) in [6, 6.07) is 1.79. The molecule has 2 rings (SSSR count). The second-order valence-corrected chi connectivity index (χ2v) is 3.38. The average Bonchev–Trinajstić information content (AvgIpc) is 2.88. The van der Waals surface area contributed by atoms with E-state index in [2.05, 4.69) is 25.9 Å². The predicted octanol–water partition coefficient (Wildman–Crippen LogP) is 0.925. The predicted molar refractivity (Wildman–Crippen MR) is 63.0 cm³/mol. The molecule has 0 spiro atoms. The van der Waals surface area contributed by atoms with Gasteiger partial charge in [-0.05, 0) is 6.42 Å². The summed E-state index contributed by atoms with van der Waals surface area (Å²) in [6.45, 7) is 2.53. The zero-order valence-corrected chi connectivity index (χ0v) is 9.47. The first-order valence-corrected chi connectivity index (χ1v) is 5.29. The van der Waals surface area contributed by atoms with Crippen LogP contribution in [0.3, 0.4) is 0 Å². The van der Waals surface area contributed by atoms with E-state index in [1.807, 2.05) is 6.92 Å². The Morgan fingerprint density at radius 3 is 2.82 bits per heavy atom. The van der Waals surface area contributed by atoms with Crippen molar-refractivity contribution in [2.24, 2.45) is 5.84 Å². The van der Waals surface area contributed by atoms with Gasteiger partial charge in [-0.2, -0.15) is 0 Å². The van der Waals surface area contributed by atoms with E-state index in [1.54, 1.807) is 12.3 Å². The third-order valence-corrected chi connectivity index (χ3v) is 2.36. The summed E-state index contributed by atoms with van der Waals surface area (Å²) in [6.07, 6.45) is 3.83. The van der Waals surface area contributed by atoms with E-state index >= 15 is 0 Å². The standard InChI is InChI=1S/C10H14N6O/c1-2-8-9(13-6-14-10(8)16-11)12-5-7-3-4-15-17-7/h3-4,6H,2,5,11H2,1H3,(H2,12,13,14,16). The van der Waals surface area contributed by atoms with Gasteiger partial charge in [0.2, 0.25) is 0 Å². The molecule has 0 saturated carbocycles. The number of hydrogen-bond acceptors (Lipinski definition) is 7. The highest BCUT2D eigenvalue weighted by molar-refractivity contribution is 5.56. The summed E-state index contributed by atoms with van der Waals surface area (Å²) < 4.78 is 4.99. The first-order chi connectivity index (χ1) is 8.35. The van der Waals surface area contributed by atoms with Crippen LogP contribution < -0.4 is 16.6 Å². The van der Waals surface area contributed by atoms with Gasteiger partial charge in [0, 0.05) is 11.6 Å². The van der Waals surface area contributed by atoms with Crippen LogP contribution in [0.1, 0.15) is 18.2 Å². The quantitative estimate of drug-likeness (QED) is 0.522. The summed E-state index contributed by atoms with van der Waals surface area (Å²) in [5.74, 6) is 7.50. The summed E-state index contributed by atoms with van der Waals surface area (Å²) >= 11 is 0. The average molecular weight is 234 g/mol. The number of anilines is 2. The van der Waals surface area contributed by atoms with Crippen molar-refractivity contribution in [3.63, 3.8) is 0 Å². The molecule has 0 atom stereocenters. The highest BCUT2D eigenvalue weighted by atomic mass is 16.5. The van der Waals surface area contributed by atoms with Crippen LogP contribution in [0.15, 0.2) is 23.1 Å². The topological polar surface area (TPSA) is 102 Å². The molecule has 0 amide bonds. The van der Waals surface area contributed by atoms with Gasteiger partial charge in [0.15, 0.2) is 5.76 Å². The Hall–Kier alpha value is -2.15. The highest BCUT2D eigenvalue weighted by Gasteiger charge is 2.08. The molecule has 2 heterocycles. The molecule has 0 aliphatic heterocycles. The van der Waals surface area contributed by atoms with Crippen LogP contribution in [0.2, 0.25) is 0 Å². The summed E-state index contributed by atoms with van der Waals surface area (Å²) in [4.78, 5) is 8.23. The van der Waals surface area contributed by atoms with Crippen molar-refractivity contribution in [3.05, 3.63) is 29.9 Å². The number of nitrogens with two attached hydrogens (primary N) is 1. The molecule has 0 saturated heterocycles. The van der Waals surface area contributed by atoms with Gasteiger partial charge in [0.05, 0.1) is 12.7 Å². The molecule has 0 aliphatic carbocycles. The molecular weight excluding hydrogens is 220 g/mol. The zero-order chi connectivity index (χ0) is 12.1. The van der Waals surface area contributed by atoms with Crippen molar-refractivity contribution in [3.8, 4) is 0 Å². The maximum Gasteiger partial charge on any atom is 0.155 e. The summed E-state index contributed by atoms with van der Waals surface area (Å²) in [5.41, 5.74) is 3.49. The first kappa shape index (κ1) is 11.3. The Balaban J connectivity index is 2.14. The van der Waals surface area contributed by atoms with Crippen molar-refractivity contribution in [1.82, 2.24) is 15.1 Å². The van der Waals surface area contributed by atoms with Gasteiger partial charge in [-0.15, -0.1) is 0 Å². The van der Waals surface area contributed by atoms with Crippen LogP contribution in [-0.2, 0) is 13.0 Å².